The van der Waals surface area contributed by atoms with Crippen LogP contribution in [0.4, 0.5) is 0 Å². The second-order valence-electron chi connectivity index (χ2n) is 12.8. The molecule has 0 amide bonds. The van der Waals surface area contributed by atoms with Gasteiger partial charge in [-0.05, 0) is 61.5 Å². The molecule has 0 aliphatic carbocycles. The van der Waals surface area contributed by atoms with E-state index in [-0.39, 0.29) is 21.7 Å². The number of hydrogen-bond donors (Lipinski definition) is 0. The van der Waals surface area contributed by atoms with Crippen molar-refractivity contribution in [2.24, 2.45) is 0 Å². The van der Waals surface area contributed by atoms with Crippen LogP contribution >= 0.6 is 0 Å². The molecule has 0 radical (unpaired) electrons. The first-order chi connectivity index (χ1) is 12.9. The summed E-state index contributed by atoms with van der Waals surface area (Å²) in [4.78, 5) is 0. The summed E-state index contributed by atoms with van der Waals surface area (Å²) in [7, 11) is 0. The third-order valence-electron chi connectivity index (χ3n) is 5.94. The van der Waals surface area contributed by atoms with Gasteiger partial charge in [0.15, 0.2) is 0 Å². The smallest absolute Gasteiger partial charge is 0.00140 e. The monoisotopic (exact) mass is 392 g/mol. The number of hydrogen-bond acceptors (Lipinski definition) is 0. The van der Waals surface area contributed by atoms with E-state index in [1.165, 1.54) is 33.4 Å². The average Bonchev–Trinajstić information content (AvgIpc) is 2.51. The van der Waals surface area contributed by atoms with Crippen LogP contribution in [0.2, 0.25) is 0 Å². The standard InChI is InChI=1S/C29H44/c1-26(2,3)22-15-13-16-23(27(4,5)6)20(22)19-21-24(28(7,8)9)17-14-18-25(21)29(10,11)12/h13-18H,19H2,1-12H3. The van der Waals surface area contributed by atoms with Crippen molar-refractivity contribution in [3.8, 4) is 0 Å². The second kappa shape index (κ2) is 7.60. The van der Waals surface area contributed by atoms with Crippen LogP contribution in [0.15, 0.2) is 36.4 Å². The molecule has 0 N–H and O–H groups in total. The molecule has 0 bridgehead atoms. The Kier molecular flexibility index (Phi) is 6.22. The predicted molar refractivity (Wildman–Crippen MR) is 130 cm³/mol. The van der Waals surface area contributed by atoms with E-state index in [4.69, 9.17) is 0 Å². The average molecular weight is 393 g/mol. The van der Waals surface area contributed by atoms with Gasteiger partial charge in [0.05, 0.1) is 0 Å². The highest BCUT2D eigenvalue weighted by Gasteiger charge is 2.29. The summed E-state index contributed by atoms with van der Waals surface area (Å²) in [6.45, 7) is 28.2. The lowest BCUT2D eigenvalue weighted by Gasteiger charge is -2.34. The third kappa shape index (κ3) is 5.33. The van der Waals surface area contributed by atoms with Gasteiger partial charge in [-0.25, -0.2) is 0 Å². The van der Waals surface area contributed by atoms with Gasteiger partial charge in [-0.3, -0.25) is 0 Å². The van der Waals surface area contributed by atoms with Crippen LogP contribution in [-0.4, -0.2) is 0 Å². The highest BCUT2D eigenvalue weighted by Crippen LogP contribution is 2.40. The van der Waals surface area contributed by atoms with Gasteiger partial charge in [0, 0.05) is 0 Å². The Hall–Kier alpha value is -1.56. The van der Waals surface area contributed by atoms with Crippen molar-refractivity contribution in [1.82, 2.24) is 0 Å². The summed E-state index contributed by atoms with van der Waals surface area (Å²) in [6, 6.07) is 13.9. The van der Waals surface area contributed by atoms with Crippen LogP contribution in [0.3, 0.4) is 0 Å². The Bertz CT molecular complexity index is 715. The van der Waals surface area contributed by atoms with Crippen LogP contribution in [0.5, 0.6) is 0 Å². The molecule has 0 aliphatic heterocycles. The minimum atomic E-state index is 0.120. The van der Waals surface area contributed by atoms with E-state index in [1.54, 1.807) is 0 Å². The molecule has 29 heavy (non-hydrogen) atoms. The van der Waals surface area contributed by atoms with Gasteiger partial charge in [0.2, 0.25) is 0 Å². The van der Waals surface area contributed by atoms with Crippen LogP contribution < -0.4 is 0 Å². The van der Waals surface area contributed by atoms with E-state index in [0.717, 1.165) is 6.42 Å². The van der Waals surface area contributed by atoms with Gasteiger partial charge < -0.3 is 0 Å². The topological polar surface area (TPSA) is 0 Å². The van der Waals surface area contributed by atoms with E-state index < -0.39 is 0 Å². The highest BCUT2D eigenvalue weighted by atomic mass is 14.3. The molecule has 2 aromatic rings. The molecule has 0 unspecified atom stereocenters. The number of rotatable bonds is 2. The molecule has 0 aliphatic rings. The molecular weight excluding hydrogens is 348 g/mol. The maximum Gasteiger partial charge on any atom is -0.00140 e. The van der Waals surface area contributed by atoms with E-state index >= 15 is 0 Å². The first-order valence-corrected chi connectivity index (χ1v) is 11.2. The van der Waals surface area contributed by atoms with Crippen LogP contribution in [0.1, 0.15) is 116 Å². The Labute approximate surface area is 181 Å². The van der Waals surface area contributed by atoms with Crippen molar-refractivity contribution in [2.75, 3.05) is 0 Å². The Morgan fingerprint density at radius 2 is 0.621 bits per heavy atom. The summed E-state index contributed by atoms with van der Waals surface area (Å²) >= 11 is 0. The van der Waals surface area contributed by atoms with E-state index in [0.29, 0.717) is 0 Å². The molecule has 0 fully saturated rings. The zero-order valence-electron chi connectivity index (χ0n) is 21.2. The van der Waals surface area contributed by atoms with Gasteiger partial charge >= 0.3 is 0 Å². The van der Waals surface area contributed by atoms with Crippen LogP contribution in [0.25, 0.3) is 0 Å². The van der Waals surface area contributed by atoms with E-state index in [1.807, 2.05) is 0 Å². The molecule has 0 nitrogen and oxygen atoms in total. The normalized spacial score (nSPS) is 13.7. The zero-order valence-corrected chi connectivity index (χ0v) is 21.2. The molecule has 0 saturated heterocycles. The minimum Gasteiger partial charge on any atom is -0.0617 e. The lowest BCUT2D eigenvalue weighted by atomic mass is 9.71. The van der Waals surface area contributed by atoms with Crippen molar-refractivity contribution in [2.45, 2.75) is 111 Å². The number of benzene rings is 2. The van der Waals surface area contributed by atoms with Gasteiger partial charge in [0.1, 0.15) is 0 Å². The Morgan fingerprint density at radius 1 is 0.414 bits per heavy atom. The summed E-state index contributed by atoms with van der Waals surface area (Å²) in [6.07, 6.45) is 1.00. The van der Waals surface area contributed by atoms with Gasteiger partial charge in [-0.15, -0.1) is 0 Å². The molecule has 0 heterocycles. The molecule has 160 valence electrons. The van der Waals surface area contributed by atoms with Crippen LogP contribution in [0, 0.1) is 0 Å². The summed E-state index contributed by atoms with van der Waals surface area (Å²) in [5, 5.41) is 0. The molecular formula is C29H44. The fraction of sp³-hybridized carbons (Fsp3) is 0.586. The van der Waals surface area contributed by atoms with Crippen molar-refractivity contribution in [3.63, 3.8) is 0 Å². The predicted octanol–water partition coefficient (Wildman–Crippen LogP) is 8.47. The van der Waals surface area contributed by atoms with E-state index in [9.17, 15) is 0 Å². The maximum absolute atomic E-state index is 2.35. The van der Waals surface area contributed by atoms with Crippen molar-refractivity contribution >= 4 is 0 Å². The first-order valence-electron chi connectivity index (χ1n) is 11.2. The van der Waals surface area contributed by atoms with Gasteiger partial charge in [0.25, 0.3) is 0 Å². The summed E-state index contributed by atoms with van der Waals surface area (Å²) < 4.78 is 0. The minimum absolute atomic E-state index is 0.120. The largest absolute Gasteiger partial charge is 0.0617 e. The quantitative estimate of drug-likeness (QED) is 0.481. The molecule has 0 heteroatoms. The second-order valence-corrected chi connectivity index (χ2v) is 12.8. The van der Waals surface area contributed by atoms with Crippen molar-refractivity contribution in [1.29, 1.82) is 0 Å². The summed E-state index contributed by atoms with van der Waals surface area (Å²) in [5.41, 5.74) is 9.45. The fourth-order valence-electron chi connectivity index (χ4n) is 4.54. The SMILES string of the molecule is CC(C)(C)c1cccc(C(C)(C)C)c1Cc1c(C(C)(C)C)cccc1C(C)(C)C. The zero-order chi connectivity index (χ0) is 22.4. The molecule has 0 saturated carbocycles. The molecule has 2 aromatic carbocycles. The van der Waals surface area contributed by atoms with Gasteiger partial charge in [-0.1, -0.05) is 119 Å². The summed E-state index contributed by atoms with van der Waals surface area (Å²) in [5.74, 6) is 0. The lowest BCUT2D eigenvalue weighted by Crippen LogP contribution is -2.24. The lowest BCUT2D eigenvalue weighted by molar-refractivity contribution is 0.546. The van der Waals surface area contributed by atoms with Crippen molar-refractivity contribution < 1.29 is 0 Å². The third-order valence-corrected chi connectivity index (χ3v) is 5.94. The molecule has 0 spiro atoms. The Morgan fingerprint density at radius 3 is 0.793 bits per heavy atom. The van der Waals surface area contributed by atoms with Crippen molar-refractivity contribution in [3.05, 3.63) is 69.8 Å². The molecule has 0 atom stereocenters. The highest BCUT2D eigenvalue weighted by molar-refractivity contribution is 5.50. The molecule has 2 rings (SSSR count). The fourth-order valence-corrected chi connectivity index (χ4v) is 4.54. The van der Waals surface area contributed by atoms with Crippen LogP contribution in [-0.2, 0) is 28.1 Å². The van der Waals surface area contributed by atoms with E-state index in [2.05, 4.69) is 119 Å². The molecule has 0 aromatic heterocycles. The van der Waals surface area contributed by atoms with Gasteiger partial charge in [-0.2, -0.15) is 0 Å². The maximum atomic E-state index is 2.35. The Balaban J connectivity index is 2.88. The first kappa shape index (κ1) is 23.7.